The van der Waals surface area contributed by atoms with E-state index < -0.39 is 10.0 Å². The van der Waals surface area contributed by atoms with Crippen LogP contribution in [-0.4, -0.2) is 20.6 Å². The Morgan fingerprint density at radius 2 is 1.53 bits per heavy atom. The number of anilines is 2. The van der Waals surface area contributed by atoms with E-state index in [9.17, 15) is 13.2 Å². The van der Waals surface area contributed by atoms with E-state index in [0.717, 1.165) is 46.2 Å². The van der Waals surface area contributed by atoms with Crippen molar-refractivity contribution in [2.75, 3.05) is 15.9 Å². The van der Waals surface area contributed by atoms with Crippen LogP contribution in [0, 0.1) is 20.8 Å². The molecule has 0 saturated carbocycles. The quantitative estimate of drug-likeness (QED) is 0.350. The molecule has 0 heterocycles. The van der Waals surface area contributed by atoms with E-state index in [2.05, 4.69) is 23.5 Å². The molecule has 0 saturated heterocycles. The molecule has 0 fully saturated rings. The number of aryl methyl sites for hydroxylation is 5. The van der Waals surface area contributed by atoms with Gasteiger partial charge in [-0.05, 0) is 85.0 Å². The molecule has 184 valence electrons. The van der Waals surface area contributed by atoms with E-state index in [-0.39, 0.29) is 12.5 Å². The summed E-state index contributed by atoms with van der Waals surface area (Å²) < 4.78 is 26.9. The molecule has 0 aliphatic heterocycles. The maximum absolute atomic E-state index is 13.1. The van der Waals surface area contributed by atoms with Crippen molar-refractivity contribution in [3.8, 4) is 0 Å². The van der Waals surface area contributed by atoms with Gasteiger partial charge in [-0.2, -0.15) is 0 Å². The van der Waals surface area contributed by atoms with Crippen LogP contribution in [0.2, 0.25) is 0 Å². The second-order valence-corrected chi connectivity index (χ2v) is 11.7. The Hall–Kier alpha value is -3.64. The molecule has 0 aromatic heterocycles. The summed E-state index contributed by atoms with van der Waals surface area (Å²) in [6.45, 7) is 6.06. The molecule has 5 nitrogen and oxygen atoms in total. The van der Waals surface area contributed by atoms with Gasteiger partial charge in [0.25, 0.3) is 5.91 Å². The van der Waals surface area contributed by atoms with Crippen molar-refractivity contribution >= 4 is 38.1 Å². The number of carbonyl (C=O) groups is 1. The summed E-state index contributed by atoms with van der Waals surface area (Å²) in [5, 5.41) is 5.40. The minimum absolute atomic E-state index is 0.189. The van der Waals surface area contributed by atoms with Crippen LogP contribution < -0.4 is 9.62 Å². The van der Waals surface area contributed by atoms with Crippen LogP contribution in [0.4, 0.5) is 11.4 Å². The number of carbonyl (C=O) groups excluding carboxylic acids is 1. The zero-order valence-corrected chi connectivity index (χ0v) is 21.9. The molecule has 0 spiro atoms. The van der Waals surface area contributed by atoms with Gasteiger partial charge in [0, 0.05) is 16.6 Å². The maximum atomic E-state index is 13.1. The zero-order valence-electron chi connectivity index (χ0n) is 21.1. The highest BCUT2D eigenvalue weighted by Gasteiger charge is 2.22. The summed E-state index contributed by atoms with van der Waals surface area (Å²) in [4.78, 5) is 13.1. The van der Waals surface area contributed by atoms with E-state index in [1.165, 1.54) is 27.1 Å². The fourth-order valence-electron chi connectivity index (χ4n) is 5.41. The molecular formula is C30H30N2O3S. The van der Waals surface area contributed by atoms with Crippen molar-refractivity contribution in [1.82, 2.24) is 0 Å². The lowest BCUT2D eigenvalue weighted by atomic mass is 10.0. The van der Waals surface area contributed by atoms with Gasteiger partial charge in [0.2, 0.25) is 10.0 Å². The normalized spacial score (nSPS) is 12.7. The van der Waals surface area contributed by atoms with Gasteiger partial charge in [-0.25, -0.2) is 8.42 Å². The fourth-order valence-corrected chi connectivity index (χ4v) is 6.41. The van der Waals surface area contributed by atoms with Crippen LogP contribution in [0.25, 0.3) is 10.8 Å². The molecular weight excluding hydrogens is 468 g/mol. The van der Waals surface area contributed by atoms with Crippen LogP contribution in [0.15, 0.2) is 66.7 Å². The second kappa shape index (κ2) is 9.10. The zero-order chi connectivity index (χ0) is 25.6. The summed E-state index contributed by atoms with van der Waals surface area (Å²) in [6.07, 6.45) is 3.31. The van der Waals surface area contributed by atoms with Crippen molar-refractivity contribution in [3.05, 3.63) is 106 Å². The highest BCUT2D eigenvalue weighted by molar-refractivity contribution is 7.92. The average Bonchev–Trinajstić information content (AvgIpc) is 3.24. The smallest absolute Gasteiger partial charge is 0.255 e. The summed E-state index contributed by atoms with van der Waals surface area (Å²) in [5.41, 5.74) is 8.43. The first-order valence-electron chi connectivity index (χ1n) is 12.1. The number of rotatable bonds is 6. The summed E-state index contributed by atoms with van der Waals surface area (Å²) in [5.74, 6) is -0.189. The molecule has 1 aliphatic rings. The molecule has 5 rings (SSSR count). The standard InChI is InChI=1S/C30H30N2O3S/c1-19-16-20(2)29(21(3)17-19)32(36(4,34)35)18-22-8-10-25(11-9-22)30(33)31-27-15-14-24-13-12-23-6-5-7-26(27)28(23)24/h5-11,14-17H,12-13,18H2,1-4H3,(H,31,33). The second-order valence-electron chi connectivity index (χ2n) is 9.78. The Balaban J connectivity index is 1.39. The molecule has 36 heavy (non-hydrogen) atoms. The van der Waals surface area contributed by atoms with Crippen LogP contribution in [-0.2, 0) is 29.4 Å². The number of benzene rings is 4. The number of sulfonamides is 1. The molecule has 0 bridgehead atoms. The van der Waals surface area contributed by atoms with E-state index in [1.54, 1.807) is 12.1 Å². The monoisotopic (exact) mass is 498 g/mol. The van der Waals surface area contributed by atoms with Gasteiger partial charge in [0.05, 0.1) is 18.5 Å². The van der Waals surface area contributed by atoms with Crippen LogP contribution in [0.5, 0.6) is 0 Å². The molecule has 1 amide bonds. The third kappa shape index (κ3) is 4.49. The van der Waals surface area contributed by atoms with Gasteiger partial charge in [-0.15, -0.1) is 0 Å². The highest BCUT2D eigenvalue weighted by atomic mass is 32.2. The maximum Gasteiger partial charge on any atom is 0.255 e. The Morgan fingerprint density at radius 1 is 0.889 bits per heavy atom. The van der Waals surface area contributed by atoms with E-state index in [1.807, 2.05) is 57.2 Å². The summed E-state index contributed by atoms with van der Waals surface area (Å²) >= 11 is 0. The van der Waals surface area contributed by atoms with Crippen molar-refractivity contribution in [2.24, 2.45) is 0 Å². The molecule has 1 aliphatic carbocycles. The minimum Gasteiger partial charge on any atom is -0.321 e. The van der Waals surface area contributed by atoms with Gasteiger partial charge >= 0.3 is 0 Å². The van der Waals surface area contributed by atoms with Crippen LogP contribution in [0.3, 0.4) is 0 Å². The molecule has 4 aromatic carbocycles. The lowest BCUT2D eigenvalue weighted by Crippen LogP contribution is -2.30. The van der Waals surface area contributed by atoms with Crippen molar-refractivity contribution in [2.45, 2.75) is 40.2 Å². The number of hydrogen-bond acceptors (Lipinski definition) is 3. The topological polar surface area (TPSA) is 66.5 Å². The van der Waals surface area contributed by atoms with Gasteiger partial charge in [0.15, 0.2) is 0 Å². The van der Waals surface area contributed by atoms with Crippen molar-refractivity contribution in [1.29, 1.82) is 0 Å². The third-order valence-electron chi connectivity index (χ3n) is 6.95. The Kier molecular flexibility index (Phi) is 6.08. The van der Waals surface area contributed by atoms with E-state index >= 15 is 0 Å². The Bertz CT molecular complexity index is 1570. The highest BCUT2D eigenvalue weighted by Crippen LogP contribution is 2.35. The van der Waals surface area contributed by atoms with Gasteiger partial charge < -0.3 is 5.32 Å². The summed E-state index contributed by atoms with van der Waals surface area (Å²) in [7, 11) is -3.51. The fraction of sp³-hybridized carbons (Fsp3) is 0.233. The van der Waals surface area contributed by atoms with Crippen molar-refractivity contribution < 1.29 is 13.2 Å². The number of nitrogens with one attached hydrogen (secondary N) is 1. The van der Waals surface area contributed by atoms with E-state index in [0.29, 0.717) is 11.3 Å². The Labute approximate surface area is 212 Å². The number of amides is 1. The number of hydrogen-bond donors (Lipinski definition) is 1. The lowest BCUT2D eigenvalue weighted by molar-refractivity contribution is 0.102. The van der Waals surface area contributed by atoms with Crippen LogP contribution >= 0.6 is 0 Å². The van der Waals surface area contributed by atoms with Gasteiger partial charge in [-0.1, -0.05) is 54.1 Å². The Morgan fingerprint density at radius 3 is 2.17 bits per heavy atom. The average molecular weight is 499 g/mol. The van der Waals surface area contributed by atoms with Crippen LogP contribution in [0.1, 0.15) is 43.7 Å². The van der Waals surface area contributed by atoms with Gasteiger partial charge in [-0.3, -0.25) is 9.10 Å². The molecule has 1 N–H and O–H groups in total. The molecule has 6 heteroatoms. The largest absolute Gasteiger partial charge is 0.321 e. The van der Waals surface area contributed by atoms with Crippen molar-refractivity contribution in [3.63, 3.8) is 0 Å². The van der Waals surface area contributed by atoms with E-state index in [4.69, 9.17) is 0 Å². The molecule has 0 unspecified atom stereocenters. The molecule has 0 atom stereocenters. The predicted molar refractivity (Wildman–Crippen MR) is 147 cm³/mol. The third-order valence-corrected chi connectivity index (χ3v) is 8.06. The summed E-state index contributed by atoms with van der Waals surface area (Å²) in [6, 6.07) is 21.5. The first kappa shape index (κ1) is 24.1. The number of nitrogens with zero attached hydrogens (tertiary/aromatic N) is 1. The van der Waals surface area contributed by atoms with Gasteiger partial charge in [0.1, 0.15) is 0 Å². The predicted octanol–water partition coefficient (Wildman–Crippen LogP) is 6.08. The SMILES string of the molecule is Cc1cc(C)c(N(Cc2ccc(C(=O)Nc3ccc4c5c(cccc35)CC4)cc2)S(C)(=O)=O)c(C)c1. The minimum atomic E-state index is -3.51. The lowest BCUT2D eigenvalue weighted by Gasteiger charge is -2.26. The molecule has 0 radical (unpaired) electrons. The first-order valence-corrected chi connectivity index (χ1v) is 14.0. The first-order chi connectivity index (χ1) is 17.1. The molecule has 4 aromatic rings.